The molecule has 0 aliphatic carbocycles. The van der Waals surface area contributed by atoms with Gasteiger partial charge in [0.05, 0.1) is 12.0 Å². The van der Waals surface area contributed by atoms with Gasteiger partial charge in [-0.3, -0.25) is 15.0 Å². The largest absolute Gasteiger partial charge is 0.500 e. The fraction of sp³-hybridized carbons (Fsp3) is 0.647. The van der Waals surface area contributed by atoms with Crippen molar-refractivity contribution in [2.75, 3.05) is 33.3 Å². The molecular formula is C17H29Cl2N3O4. The van der Waals surface area contributed by atoms with Crippen molar-refractivity contribution >= 4 is 30.5 Å². The number of nitro benzene ring substituents is 1. The van der Waals surface area contributed by atoms with Crippen molar-refractivity contribution in [2.24, 2.45) is 5.92 Å². The number of piperazine rings is 1. The van der Waals surface area contributed by atoms with E-state index >= 15 is 0 Å². The number of phenols is 1. The number of nitrogens with zero attached hydrogens (tertiary/aromatic N) is 2. The number of hydrogen-bond acceptors (Lipinski definition) is 6. The molecule has 26 heavy (non-hydrogen) atoms. The molecule has 1 aliphatic rings. The number of halogens is 2. The van der Waals surface area contributed by atoms with E-state index in [4.69, 9.17) is 4.74 Å². The molecule has 1 aromatic carbocycles. The molecule has 1 fully saturated rings. The van der Waals surface area contributed by atoms with Crippen LogP contribution >= 0.6 is 24.8 Å². The first-order valence-corrected chi connectivity index (χ1v) is 8.44. The van der Waals surface area contributed by atoms with E-state index in [0.29, 0.717) is 5.92 Å². The van der Waals surface area contributed by atoms with Crippen molar-refractivity contribution in [3.8, 4) is 11.5 Å². The van der Waals surface area contributed by atoms with Crippen LogP contribution in [0.4, 0.5) is 5.69 Å². The Morgan fingerprint density at radius 2 is 1.88 bits per heavy atom. The molecule has 1 saturated heterocycles. The summed E-state index contributed by atoms with van der Waals surface area (Å²) in [7, 11) is 1.41. The predicted octanol–water partition coefficient (Wildman–Crippen LogP) is 3.54. The van der Waals surface area contributed by atoms with E-state index in [9.17, 15) is 15.2 Å². The number of phenolic OH excluding ortho intramolecular Hbond substituents is 1. The third-order valence-corrected chi connectivity index (χ3v) is 4.49. The molecule has 150 valence electrons. The van der Waals surface area contributed by atoms with Crippen molar-refractivity contribution in [1.82, 2.24) is 10.2 Å². The monoisotopic (exact) mass is 409 g/mol. The van der Waals surface area contributed by atoms with Gasteiger partial charge in [-0.15, -0.1) is 24.8 Å². The van der Waals surface area contributed by atoms with Crippen LogP contribution in [0.25, 0.3) is 0 Å². The van der Waals surface area contributed by atoms with Gasteiger partial charge in [0.25, 0.3) is 0 Å². The molecule has 2 N–H and O–H groups in total. The smallest absolute Gasteiger partial charge is 0.314 e. The number of methoxy groups -OCH3 is 1. The Hall–Kier alpha value is -1.28. The maximum absolute atomic E-state index is 11.3. The first-order chi connectivity index (χ1) is 11.4. The molecule has 0 saturated carbocycles. The van der Waals surface area contributed by atoms with Crippen molar-refractivity contribution in [1.29, 1.82) is 0 Å². The normalized spacial score (nSPS) is 15.7. The number of nitrogens with one attached hydrogen (secondary N) is 1. The predicted molar refractivity (Wildman–Crippen MR) is 107 cm³/mol. The van der Waals surface area contributed by atoms with Crippen LogP contribution in [-0.2, 0) is 0 Å². The van der Waals surface area contributed by atoms with Crippen LogP contribution in [0.5, 0.6) is 11.5 Å². The average Bonchev–Trinajstić information content (AvgIpc) is 2.56. The van der Waals surface area contributed by atoms with Gasteiger partial charge in [0.15, 0.2) is 5.75 Å². The van der Waals surface area contributed by atoms with Gasteiger partial charge in [0.1, 0.15) is 0 Å². The van der Waals surface area contributed by atoms with E-state index in [-0.39, 0.29) is 42.3 Å². The van der Waals surface area contributed by atoms with E-state index < -0.39 is 10.7 Å². The van der Waals surface area contributed by atoms with Crippen LogP contribution < -0.4 is 10.1 Å². The minimum absolute atomic E-state index is 0. The second kappa shape index (κ2) is 11.4. The van der Waals surface area contributed by atoms with Crippen LogP contribution in [0.1, 0.15) is 38.3 Å². The van der Waals surface area contributed by atoms with Gasteiger partial charge in [0.2, 0.25) is 5.75 Å². The molecule has 0 radical (unpaired) electrons. The summed E-state index contributed by atoms with van der Waals surface area (Å²) in [5.74, 6) is 0.308. The molecule has 0 bridgehead atoms. The van der Waals surface area contributed by atoms with E-state index in [1.807, 2.05) is 0 Å². The Balaban J connectivity index is 0.00000312. The Kier molecular flexibility index (Phi) is 10.9. The molecule has 1 heterocycles. The van der Waals surface area contributed by atoms with Gasteiger partial charge in [-0.2, -0.15) is 0 Å². The van der Waals surface area contributed by atoms with E-state index in [1.165, 1.54) is 13.2 Å². The number of aromatic hydroxyl groups is 1. The molecule has 0 unspecified atom stereocenters. The van der Waals surface area contributed by atoms with E-state index in [2.05, 4.69) is 24.1 Å². The van der Waals surface area contributed by atoms with Crippen LogP contribution in [0.2, 0.25) is 0 Å². The van der Waals surface area contributed by atoms with E-state index in [0.717, 1.165) is 44.6 Å². The van der Waals surface area contributed by atoms with Crippen molar-refractivity contribution in [3.63, 3.8) is 0 Å². The zero-order chi connectivity index (χ0) is 17.7. The fourth-order valence-electron chi connectivity index (χ4n) is 3.15. The molecule has 0 spiro atoms. The molecule has 1 aliphatic heterocycles. The third-order valence-electron chi connectivity index (χ3n) is 4.49. The first kappa shape index (κ1) is 24.7. The highest BCUT2D eigenvalue weighted by Crippen LogP contribution is 2.40. The fourth-order valence-corrected chi connectivity index (χ4v) is 3.15. The van der Waals surface area contributed by atoms with Gasteiger partial charge in [-0.25, -0.2) is 0 Å². The number of benzene rings is 1. The summed E-state index contributed by atoms with van der Waals surface area (Å²) in [6, 6.07) is 3.31. The van der Waals surface area contributed by atoms with Crippen LogP contribution in [0, 0.1) is 16.0 Å². The second-order valence-electron chi connectivity index (χ2n) is 6.62. The van der Waals surface area contributed by atoms with Crippen molar-refractivity contribution in [3.05, 3.63) is 27.8 Å². The molecular weight excluding hydrogens is 381 g/mol. The summed E-state index contributed by atoms with van der Waals surface area (Å²) in [4.78, 5) is 13.1. The number of nitro groups is 1. The van der Waals surface area contributed by atoms with Crippen LogP contribution in [-0.4, -0.2) is 48.2 Å². The molecule has 1 aromatic rings. The quantitative estimate of drug-likeness (QED) is 0.528. The third kappa shape index (κ3) is 6.16. The summed E-state index contributed by atoms with van der Waals surface area (Å²) in [5.41, 5.74) is 0.535. The Bertz CT molecular complexity index is 581. The molecule has 0 aromatic heterocycles. The maximum atomic E-state index is 11.3. The maximum Gasteiger partial charge on any atom is 0.314 e. The minimum atomic E-state index is -0.557. The highest BCUT2D eigenvalue weighted by molar-refractivity contribution is 5.85. The summed E-state index contributed by atoms with van der Waals surface area (Å²) in [5, 5.41) is 24.6. The number of rotatable bonds is 7. The molecule has 1 atom stereocenters. The Labute approximate surface area is 167 Å². The van der Waals surface area contributed by atoms with Gasteiger partial charge in [-0.05, 0) is 30.4 Å². The van der Waals surface area contributed by atoms with Crippen molar-refractivity contribution in [2.45, 2.75) is 32.7 Å². The zero-order valence-corrected chi connectivity index (χ0v) is 17.1. The van der Waals surface area contributed by atoms with Crippen LogP contribution in [0.3, 0.4) is 0 Å². The van der Waals surface area contributed by atoms with Gasteiger partial charge >= 0.3 is 5.69 Å². The second-order valence-corrected chi connectivity index (χ2v) is 6.62. The topological polar surface area (TPSA) is 87.9 Å². The molecule has 9 heteroatoms. The van der Waals surface area contributed by atoms with Crippen LogP contribution in [0.15, 0.2) is 12.1 Å². The zero-order valence-electron chi connectivity index (χ0n) is 15.4. The highest BCUT2D eigenvalue weighted by atomic mass is 35.5. The highest BCUT2D eigenvalue weighted by Gasteiger charge is 2.27. The van der Waals surface area contributed by atoms with Crippen molar-refractivity contribution < 1.29 is 14.8 Å². The lowest BCUT2D eigenvalue weighted by Gasteiger charge is -2.35. The summed E-state index contributed by atoms with van der Waals surface area (Å²) >= 11 is 0. The summed E-state index contributed by atoms with van der Waals surface area (Å²) in [6.07, 6.45) is 1.95. The van der Waals surface area contributed by atoms with Gasteiger partial charge < -0.3 is 15.2 Å². The number of hydrogen-bond donors (Lipinski definition) is 2. The first-order valence-electron chi connectivity index (χ1n) is 8.44. The Morgan fingerprint density at radius 3 is 2.38 bits per heavy atom. The number of ether oxygens (including phenoxy) is 1. The summed E-state index contributed by atoms with van der Waals surface area (Å²) < 4.78 is 5.15. The van der Waals surface area contributed by atoms with E-state index in [1.54, 1.807) is 6.07 Å². The Morgan fingerprint density at radius 1 is 1.27 bits per heavy atom. The molecule has 2 rings (SSSR count). The van der Waals surface area contributed by atoms with Gasteiger partial charge in [-0.1, -0.05) is 13.8 Å². The minimum Gasteiger partial charge on any atom is -0.500 e. The molecule has 0 amide bonds. The molecule has 7 nitrogen and oxygen atoms in total. The summed E-state index contributed by atoms with van der Waals surface area (Å²) in [6.45, 7) is 7.98. The SMILES string of the molecule is COc1cc([C@@H](CCC(C)C)N2CCNCC2)cc([N+](=O)[O-])c1O.Cl.Cl. The average molecular weight is 410 g/mol. The van der Waals surface area contributed by atoms with Gasteiger partial charge in [0, 0.05) is 38.3 Å². The lowest BCUT2D eigenvalue weighted by atomic mass is 9.95. The lowest BCUT2D eigenvalue weighted by Crippen LogP contribution is -2.45. The lowest BCUT2D eigenvalue weighted by molar-refractivity contribution is -0.386. The standard InChI is InChI=1S/C17H27N3O4.2ClH/c1-12(2)4-5-14(19-8-6-18-7-9-19)13-10-15(20(22)23)17(21)16(11-13)24-3;;/h10-12,14,18,21H,4-9H2,1-3H3;2*1H/t14-;;/m1../s1.